The van der Waals surface area contributed by atoms with Crippen LogP contribution in [0.5, 0.6) is 0 Å². The number of halogens is 3. The third-order valence-corrected chi connectivity index (χ3v) is 6.98. The number of methoxy groups -OCH3 is 1. The number of hydrogen-bond acceptors (Lipinski definition) is 8. The van der Waals surface area contributed by atoms with Gasteiger partial charge < -0.3 is 30.3 Å². The van der Waals surface area contributed by atoms with Crippen LogP contribution in [0.3, 0.4) is 0 Å². The van der Waals surface area contributed by atoms with Gasteiger partial charge in [-0.05, 0) is 30.3 Å². The second-order valence-electron chi connectivity index (χ2n) is 8.69. The van der Waals surface area contributed by atoms with Crippen molar-refractivity contribution in [1.29, 1.82) is 0 Å². The lowest BCUT2D eigenvalue weighted by molar-refractivity contribution is -0.192. The highest BCUT2D eigenvalue weighted by molar-refractivity contribution is 7.92. The number of sulfonamides is 1. The van der Waals surface area contributed by atoms with Gasteiger partial charge in [-0.15, -0.1) is 0 Å². The molecule has 1 aliphatic heterocycles. The molecule has 0 saturated carbocycles. The SMILES string of the molecule is COCCNC(=O)CN(C)C(=O)c1ccc(N2CCNCC2)c(NS(=O)(=O)c2ccccc2)c1.O=C(O)C(F)(F)F. The molecule has 0 aromatic heterocycles. The number of anilines is 2. The summed E-state index contributed by atoms with van der Waals surface area (Å²) in [5.41, 5.74) is 1.28. The summed E-state index contributed by atoms with van der Waals surface area (Å²) in [5, 5.41) is 13.1. The zero-order chi connectivity index (χ0) is 30.6. The molecule has 0 bridgehead atoms. The van der Waals surface area contributed by atoms with Crippen molar-refractivity contribution in [3.05, 3.63) is 54.1 Å². The number of carboxylic acids is 1. The van der Waals surface area contributed by atoms with E-state index in [1.54, 1.807) is 30.3 Å². The van der Waals surface area contributed by atoms with Crippen molar-refractivity contribution in [2.24, 2.45) is 0 Å². The second kappa shape index (κ2) is 15.2. The van der Waals surface area contributed by atoms with Gasteiger partial charge in [-0.2, -0.15) is 13.2 Å². The normalized spacial score (nSPS) is 13.4. The average molecular weight is 604 g/mol. The van der Waals surface area contributed by atoms with E-state index in [0.29, 0.717) is 37.6 Å². The van der Waals surface area contributed by atoms with Crippen LogP contribution in [0.2, 0.25) is 0 Å². The number of nitrogens with zero attached hydrogens (tertiary/aromatic N) is 2. The number of amides is 2. The van der Waals surface area contributed by atoms with E-state index >= 15 is 0 Å². The Labute approximate surface area is 235 Å². The van der Waals surface area contributed by atoms with E-state index in [1.165, 1.54) is 37.3 Å². The molecule has 0 spiro atoms. The first-order valence-electron chi connectivity index (χ1n) is 12.2. The summed E-state index contributed by atoms with van der Waals surface area (Å²) in [7, 11) is -0.801. The number of hydrogen-bond donors (Lipinski definition) is 4. The highest BCUT2D eigenvalue weighted by Crippen LogP contribution is 2.30. The number of likely N-dealkylation sites (N-methyl/N-ethyl adjacent to an activating group) is 1. The summed E-state index contributed by atoms with van der Waals surface area (Å²) in [4.78, 5) is 37.5. The predicted octanol–water partition coefficient (Wildman–Crippen LogP) is 1.36. The number of carboxylic acid groups (broad SMARTS) is 1. The molecular weight excluding hydrogens is 571 g/mol. The van der Waals surface area contributed by atoms with Crippen LogP contribution in [-0.4, -0.2) is 102 Å². The van der Waals surface area contributed by atoms with Gasteiger partial charge >= 0.3 is 12.1 Å². The van der Waals surface area contributed by atoms with E-state index in [-0.39, 0.29) is 22.9 Å². The molecule has 0 unspecified atom stereocenters. The Balaban J connectivity index is 0.000000745. The highest BCUT2D eigenvalue weighted by atomic mass is 32.2. The van der Waals surface area contributed by atoms with E-state index in [1.807, 2.05) is 0 Å². The van der Waals surface area contributed by atoms with Gasteiger partial charge in [0, 0.05) is 52.4 Å². The fourth-order valence-corrected chi connectivity index (χ4v) is 4.68. The van der Waals surface area contributed by atoms with Crippen LogP contribution < -0.4 is 20.3 Å². The molecule has 41 heavy (non-hydrogen) atoms. The van der Waals surface area contributed by atoms with Gasteiger partial charge in [0.15, 0.2) is 0 Å². The summed E-state index contributed by atoms with van der Waals surface area (Å²) >= 11 is 0. The molecule has 226 valence electrons. The number of aliphatic carboxylic acids is 1. The van der Waals surface area contributed by atoms with E-state index < -0.39 is 28.1 Å². The molecule has 1 saturated heterocycles. The van der Waals surface area contributed by atoms with Crippen molar-refractivity contribution in [3.63, 3.8) is 0 Å². The van der Waals surface area contributed by atoms with Crippen LogP contribution in [-0.2, 0) is 24.3 Å². The van der Waals surface area contributed by atoms with Crippen LogP contribution in [0.25, 0.3) is 0 Å². The minimum atomic E-state index is -5.08. The van der Waals surface area contributed by atoms with Gasteiger partial charge in [-0.1, -0.05) is 18.2 Å². The zero-order valence-corrected chi connectivity index (χ0v) is 23.2. The molecule has 12 nitrogen and oxygen atoms in total. The fraction of sp³-hybridized carbons (Fsp3) is 0.400. The molecule has 2 amide bonds. The Hall–Kier alpha value is -3.89. The number of rotatable bonds is 10. The summed E-state index contributed by atoms with van der Waals surface area (Å²) in [6, 6.07) is 13.0. The maximum absolute atomic E-state index is 13.0. The summed E-state index contributed by atoms with van der Waals surface area (Å²) < 4.78 is 65.3. The lowest BCUT2D eigenvalue weighted by Crippen LogP contribution is -2.44. The number of benzene rings is 2. The topological polar surface area (TPSA) is 157 Å². The minimum absolute atomic E-state index is 0.128. The third kappa shape index (κ3) is 10.5. The van der Waals surface area contributed by atoms with Gasteiger partial charge in [0.25, 0.3) is 15.9 Å². The molecule has 1 fully saturated rings. The third-order valence-electron chi connectivity index (χ3n) is 5.60. The van der Waals surface area contributed by atoms with Crippen LogP contribution in [0.15, 0.2) is 53.4 Å². The number of carbonyl (C=O) groups excluding carboxylic acids is 2. The quantitative estimate of drug-likeness (QED) is 0.295. The number of nitrogens with one attached hydrogen (secondary N) is 3. The van der Waals surface area contributed by atoms with E-state index in [4.69, 9.17) is 14.6 Å². The molecule has 3 rings (SSSR count). The Morgan fingerprint density at radius 1 is 1.10 bits per heavy atom. The Morgan fingerprint density at radius 3 is 2.27 bits per heavy atom. The van der Waals surface area contributed by atoms with Crippen molar-refractivity contribution in [2.75, 3.05) is 69.7 Å². The average Bonchev–Trinajstić information content (AvgIpc) is 2.93. The maximum atomic E-state index is 13.0. The van der Waals surface area contributed by atoms with Crippen molar-refractivity contribution < 1.29 is 45.8 Å². The van der Waals surface area contributed by atoms with Crippen LogP contribution in [0, 0.1) is 0 Å². The number of ether oxygens (including phenoxy) is 1. The van der Waals surface area contributed by atoms with Crippen molar-refractivity contribution in [3.8, 4) is 0 Å². The molecule has 4 N–H and O–H groups in total. The lowest BCUT2D eigenvalue weighted by Gasteiger charge is -2.31. The molecule has 2 aromatic carbocycles. The van der Waals surface area contributed by atoms with Crippen LogP contribution in [0.4, 0.5) is 24.5 Å². The lowest BCUT2D eigenvalue weighted by atomic mass is 10.1. The van der Waals surface area contributed by atoms with Crippen molar-refractivity contribution in [2.45, 2.75) is 11.1 Å². The van der Waals surface area contributed by atoms with Crippen LogP contribution >= 0.6 is 0 Å². The molecular formula is C25H32F3N5O7S. The second-order valence-corrected chi connectivity index (χ2v) is 10.4. The number of alkyl halides is 3. The van der Waals surface area contributed by atoms with E-state index in [0.717, 1.165) is 13.1 Å². The zero-order valence-electron chi connectivity index (χ0n) is 22.4. The van der Waals surface area contributed by atoms with Gasteiger partial charge in [0.1, 0.15) is 0 Å². The molecule has 16 heteroatoms. The van der Waals surface area contributed by atoms with Gasteiger partial charge in [0.2, 0.25) is 5.91 Å². The molecule has 1 aliphatic rings. The smallest absolute Gasteiger partial charge is 0.475 e. The van der Waals surface area contributed by atoms with Gasteiger partial charge in [-0.25, -0.2) is 13.2 Å². The maximum Gasteiger partial charge on any atom is 0.490 e. The predicted molar refractivity (Wildman–Crippen MR) is 144 cm³/mol. The van der Waals surface area contributed by atoms with E-state index in [9.17, 15) is 31.2 Å². The first-order chi connectivity index (χ1) is 19.3. The fourth-order valence-electron chi connectivity index (χ4n) is 3.59. The van der Waals surface area contributed by atoms with Crippen molar-refractivity contribution >= 4 is 39.2 Å². The van der Waals surface area contributed by atoms with Gasteiger partial charge in [0.05, 0.1) is 29.4 Å². The molecule has 1 heterocycles. The number of carbonyl (C=O) groups is 3. The van der Waals surface area contributed by atoms with Gasteiger partial charge in [-0.3, -0.25) is 14.3 Å². The first kappa shape index (κ1) is 33.3. The molecule has 0 aliphatic carbocycles. The minimum Gasteiger partial charge on any atom is -0.475 e. The summed E-state index contributed by atoms with van der Waals surface area (Å²) in [5.74, 6) is -3.46. The van der Waals surface area contributed by atoms with Crippen molar-refractivity contribution in [1.82, 2.24) is 15.5 Å². The van der Waals surface area contributed by atoms with Crippen LogP contribution in [0.1, 0.15) is 10.4 Å². The highest BCUT2D eigenvalue weighted by Gasteiger charge is 2.38. The Kier molecular flexibility index (Phi) is 12.4. The number of piperazine rings is 1. The summed E-state index contributed by atoms with van der Waals surface area (Å²) in [6.07, 6.45) is -5.08. The molecule has 0 atom stereocenters. The standard InChI is InChI=1S/C23H31N5O5S.C2HF3O2/c1-27(17-22(29)25-12-15-33-2)23(30)18-8-9-21(28-13-10-24-11-14-28)20(16-18)26-34(31,32)19-6-4-3-5-7-19;3-2(4,5)1(6)7/h3-9,16,24,26H,10-15,17H2,1-2H3,(H,25,29);(H,6,7). The Morgan fingerprint density at radius 2 is 1.71 bits per heavy atom. The van der Waals surface area contributed by atoms with E-state index in [2.05, 4.69) is 20.3 Å². The summed E-state index contributed by atoms with van der Waals surface area (Å²) in [6.45, 7) is 3.54. The monoisotopic (exact) mass is 603 g/mol. The largest absolute Gasteiger partial charge is 0.490 e. The first-order valence-corrected chi connectivity index (χ1v) is 13.7. The Bertz CT molecular complexity index is 1290. The molecule has 2 aromatic rings. The molecule has 0 radical (unpaired) electrons.